The molecule has 0 bridgehead atoms. The molecule has 1 aliphatic rings. The van der Waals surface area contributed by atoms with Crippen LogP contribution in [0, 0.1) is 0 Å². The summed E-state index contributed by atoms with van der Waals surface area (Å²) < 4.78 is 3.86. The number of hydrogen-bond acceptors (Lipinski definition) is 3. The number of aromatic nitrogens is 2. The van der Waals surface area contributed by atoms with E-state index in [0.717, 1.165) is 10.6 Å². The lowest BCUT2D eigenvalue weighted by molar-refractivity contribution is 0.965. The summed E-state index contributed by atoms with van der Waals surface area (Å²) in [7, 11) is 0. The molecule has 0 aromatic carbocycles. The normalized spacial score (nSPS) is 17.7. The molecule has 1 aromatic rings. The summed E-state index contributed by atoms with van der Waals surface area (Å²) in [5.41, 5.74) is 1.15. The second kappa shape index (κ2) is 2.47. The zero-order valence-corrected chi connectivity index (χ0v) is 6.95. The molecule has 0 unspecified atom stereocenters. The fraction of sp³-hybridized carbons (Fsp3) is 0.667. The Kier molecular flexibility index (Phi) is 1.62. The fourth-order valence-corrected chi connectivity index (χ4v) is 1.84. The topological polar surface area (TPSA) is 25.8 Å². The number of nitrogens with zero attached hydrogens (tertiary/aromatic N) is 2. The highest BCUT2D eigenvalue weighted by atomic mass is 35.5. The first kappa shape index (κ1) is 6.55. The molecule has 0 aliphatic heterocycles. The van der Waals surface area contributed by atoms with Crippen LogP contribution in [0.3, 0.4) is 0 Å². The zero-order chi connectivity index (χ0) is 6.97. The van der Waals surface area contributed by atoms with Crippen molar-refractivity contribution in [1.29, 1.82) is 0 Å². The van der Waals surface area contributed by atoms with E-state index in [4.69, 9.17) is 11.6 Å². The molecule has 0 amide bonds. The van der Waals surface area contributed by atoms with Gasteiger partial charge in [0.15, 0.2) is 0 Å². The minimum atomic E-state index is 0.573. The van der Waals surface area contributed by atoms with Crippen molar-refractivity contribution in [3.63, 3.8) is 0 Å². The van der Waals surface area contributed by atoms with Crippen LogP contribution < -0.4 is 0 Å². The second-order valence-corrected chi connectivity index (χ2v) is 3.60. The van der Waals surface area contributed by atoms with E-state index >= 15 is 0 Å². The number of rotatable bonds is 2. The maximum absolute atomic E-state index is 5.68. The lowest BCUT2D eigenvalue weighted by atomic mass is 10.3. The van der Waals surface area contributed by atoms with Crippen LogP contribution in [-0.2, 0) is 5.88 Å². The Morgan fingerprint density at radius 2 is 2.40 bits per heavy atom. The van der Waals surface area contributed by atoms with Gasteiger partial charge in [-0.05, 0) is 24.4 Å². The van der Waals surface area contributed by atoms with E-state index in [-0.39, 0.29) is 0 Å². The van der Waals surface area contributed by atoms with Crippen LogP contribution in [-0.4, -0.2) is 9.59 Å². The molecule has 1 fully saturated rings. The second-order valence-electron chi connectivity index (χ2n) is 2.49. The van der Waals surface area contributed by atoms with Gasteiger partial charge in [0, 0.05) is 5.92 Å². The fourth-order valence-electron chi connectivity index (χ4n) is 0.975. The highest BCUT2D eigenvalue weighted by Gasteiger charge is 2.28. The lowest BCUT2D eigenvalue weighted by Crippen LogP contribution is -1.83. The van der Waals surface area contributed by atoms with Gasteiger partial charge in [0.1, 0.15) is 0 Å². The largest absolute Gasteiger partial charge is 0.143 e. The van der Waals surface area contributed by atoms with Crippen LogP contribution in [0.2, 0.25) is 0 Å². The van der Waals surface area contributed by atoms with Crippen LogP contribution in [0.5, 0.6) is 0 Å². The first-order valence-corrected chi connectivity index (χ1v) is 4.59. The minimum absolute atomic E-state index is 0.573. The summed E-state index contributed by atoms with van der Waals surface area (Å²) in [5.74, 6) is 1.26. The predicted molar refractivity (Wildman–Crippen MR) is 41.4 cm³/mol. The third-order valence-electron chi connectivity index (χ3n) is 1.67. The molecule has 1 aliphatic carbocycles. The van der Waals surface area contributed by atoms with Crippen LogP contribution in [0.1, 0.15) is 29.3 Å². The third kappa shape index (κ3) is 1.04. The molecule has 1 saturated carbocycles. The van der Waals surface area contributed by atoms with Gasteiger partial charge < -0.3 is 0 Å². The number of hydrogen-bond donors (Lipinski definition) is 0. The highest BCUT2D eigenvalue weighted by Crippen LogP contribution is 2.41. The maximum Gasteiger partial charge on any atom is 0.0830 e. The van der Waals surface area contributed by atoms with Crippen molar-refractivity contribution in [1.82, 2.24) is 9.59 Å². The molecule has 0 spiro atoms. The van der Waals surface area contributed by atoms with Gasteiger partial charge in [-0.2, -0.15) is 0 Å². The summed E-state index contributed by atoms with van der Waals surface area (Å²) in [4.78, 5) is 1.16. The molecule has 1 heterocycles. The van der Waals surface area contributed by atoms with Crippen molar-refractivity contribution in [3.8, 4) is 0 Å². The van der Waals surface area contributed by atoms with Gasteiger partial charge in [0.2, 0.25) is 0 Å². The smallest absolute Gasteiger partial charge is 0.0830 e. The highest BCUT2D eigenvalue weighted by molar-refractivity contribution is 7.05. The van der Waals surface area contributed by atoms with E-state index in [2.05, 4.69) is 9.59 Å². The van der Waals surface area contributed by atoms with Gasteiger partial charge >= 0.3 is 0 Å². The average Bonchev–Trinajstić information content (AvgIpc) is 2.69. The molecule has 54 valence electrons. The average molecular weight is 175 g/mol. The quantitative estimate of drug-likeness (QED) is 0.643. The van der Waals surface area contributed by atoms with Crippen molar-refractivity contribution in [2.45, 2.75) is 24.6 Å². The van der Waals surface area contributed by atoms with Crippen LogP contribution >= 0.6 is 23.1 Å². The Hall–Kier alpha value is -0.150. The zero-order valence-electron chi connectivity index (χ0n) is 5.38. The summed E-state index contributed by atoms with van der Waals surface area (Å²) in [6.45, 7) is 0. The van der Waals surface area contributed by atoms with Gasteiger partial charge in [0.05, 0.1) is 16.5 Å². The molecular weight excluding hydrogens is 168 g/mol. The van der Waals surface area contributed by atoms with Crippen molar-refractivity contribution >= 4 is 23.1 Å². The summed E-state index contributed by atoms with van der Waals surface area (Å²) in [6, 6.07) is 0. The first-order valence-electron chi connectivity index (χ1n) is 3.29. The van der Waals surface area contributed by atoms with E-state index in [1.807, 2.05) is 0 Å². The van der Waals surface area contributed by atoms with E-state index in [0.29, 0.717) is 11.8 Å². The third-order valence-corrected chi connectivity index (χ3v) is 2.83. The van der Waals surface area contributed by atoms with Crippen molar-refractivity contribution < 1.29 is 0 Å². The SMILES string of the molecule is ClCc1snnc1C1CC1. The van der Waals surface area contributed by atoms with E-state index < -0.39 is 0 Å². The maximum atomic E-state index is 5.68. The van der Waals surface area contributed by atoms with Crippen molar-refractivity contribution in [2.24, 2.45) is 0 Å². The van der Waals surface area contributed by atoms with Gasteiger partial charge in [-0.1, -0.05) is 4.49 Å². The molecule has 0 atom stereocenters. The molecule has 2 nitrogen and oxygen atoms in total. The molecule has 0 radical (unpaired) electrons. The molecule has 0 saturated heterocycles. The van der Waals surface area contributed by atoms with Gasteiger partial charge in [0.25, 0.3) is 0 Å². The summed E-state index contributed by atoms with van der Waals surface area (Å²) >= 11 is 7.10. The molecular formula is C6H7ClN2S. The van der Waals surface area contributed by atoms with E-state index in [9.17, 15) is 0 Å². The Morgan fingerprint density at radius 3 is 3.00 bits per heavy atom. The Balaban J connectivity index is 2.28. The molecule has 4 heteroatoms. The summed E-state index contributed by atoms with van der Waals surface area (Å²) in [5, 5.41) is 4.03. The van der Waals surface area contributed by atoms with Gasteiger partial charge in [-0.25, -0.2) is 0 Å². The Labute approximate surface area is 68.4 Å². The number of alkyl halides is 1. The van der Waals surface area contributed by atoms with Crippen molar-refractivity contribution in [2.75, 3.05) is 0 Å². The van der Waals surface area contributed by atoms with Crippen molar-refractivity contribution in [3.05, 3.63) is 10.6 Å². The molecule has 1 aromatic heterocycles. The predicted octanol–water partition coefficient (Wildman–Crippen LogP) is 2.15. The van der Waals surface area contributed by atoms with Gasteiger partial charge in [-0.3, -0.25) is 0 Å². The van der Waals surface area contributed by atoms with Crippen LogP contribution in [0.4, 0.5) is 0 Å². The molecule has 0 N–H and O–H groups in total. The number of halogens is 1. The first-order chi connectivity index (χ1) is 4.92. The van der Waals surface area contributed by atoms with Crippen LogP contribution in [0.15, 0.2) is 0 Å². The van der Waals surface area contributed by atoms with Gasteiger partial charge in [-0.15, -0.1) is 16.7 Å². The van der Waals surface area contributed by atoms with E-state index in [1.165, 1.54) is 24.4 Å². The lowest BCUT2D eigenvalue weighted by Gasteiger charge is -1.89. The molecule has 2 rings (SSSR count). The monoisotopic (exact) mass is 174 g/mol. The van der Waals surface area contributed by atoms with Crippen LogP contribution in [0.25, 0.3) is 0 Å². The Morgan fingerprint density at radius 1 is 1.60 bits per heavy atom. The molecule has 10 heavy (non-hydrogen) atoms. The van der Waals surface area contributed by atoms with E-state index in [1.54, 1.807) is 0 Å². The standard InChI is InChI=1S/C6H7ClN2S/c7-3-5-6(4-1-2-4)8-9-10-5/h4H,1-3H2. The summed E-state index contributed by atoms with van der Waals surface area (Å²) in [6.07, 6.45) is 2.55. The Bertz CT molecular complexity index is 231. The minimum Gasteiger partial charge on any atom is -0.143 e.